The number of halogens is 1. The lowest BCUT2D eigenvalue weighted by Gasteiger charge is -2.07. The van der Waals surface area contributed by atoms with Crippen molar-refractivity contribution < 1.29 is 19.2 Å². The van der Waals surface area contributed by atoms with Gasteiger partial charge in [0.15, 0.2) is 11.5 Å². The number of nitro benzene ring substituents is 1. The zero-order valence-corrected chi connectivity index (χ0v) is 14.6. The Kier molecular flexibility index (Phi) is 6.83. The number of rotatable bonds is 6. The molecule has 0 fully saturated rings. The molecule has 0 saturated carbocycles. The highest BCUT2D eigenvalue weighted by Crippen LogP contribution is 2.25. The fourth-order valence-corrected chi connectivity index (χ4v) is 2.21. The van der Waals surface area contributed by atoms with Crippen LogP contribution in [0, 0.1) is 22.0 Å². The lowest BCUT2D eigenvalue weighted by Crippen LogP contribution is -2.24. The zero-order chi connectivity index (χ0) is 18.9. The molecule has 0 saturated heterocycles. The molecule has 0 radical (unpaired) electrons. The molecule has 8 heteroatoms. The number of para-hydroxylation sites is 2. The first kappa shape index (κ1) is 19.1. The van der Waals surface area contributed by atoms with E-state index in [1.165, 1.54) is 18.2 Å². The molecule has 7 nitrogen and oxygen atoms in total. The van der Waals surface area contributed by atoms with Crippen molar-refractivity contribution in [3.05, 3.63) is 63.2 Å². The van der Waals surface area contributed by atoms with Gasteiger partial charge in [-0.1, -0.05) is 35.6 Å². The van der Waals surface area contributed by atoms with Gasteiger partial charge in [-0.05, 0) is 24.3 Å². The maximum Gasteiger partial charge on any atom is 0.282 e. The number of amides is 1. The molecule has 2 aromatic rings. The number of methoxy groups -OCH3 is 1. The normalized spacial score (nSPS) is 9.62. The molecule has 0 spiro atoms. The van der Waals surface area contributed by atoms with Crippen LogP contribution in [0.3, 0.4) is 0 Å². The number of nitro groups is 1. The lowest BCUT2D eigenvalue weighted by molar-refractivity contribution is -0.385. The number of carbonyl (C=O) groups excluding carboxylic acids is 1. The van der Waals surface area contributed by atoms with E-state index < -0.39 is 10.8 Å². The van der Waals surface area contributed by atoms with E-state index in [4.69, 9.17) is 21.1 Å². The number of carbonyl (C=O) groups is 1. The smallest absolute Gasteiger partial charge is 0.282 e. The zero-order valence-electron chi connectivity index (χ0n) is 13.8. The van der Waals surface area contributed by atoms with Crippen molar-refractivity contribution in [1.82, 2.24) is 5.32 Å². The van der Waals surface area contributed by atoms with Gasteiger partial charge in [-0.25, -0.2) is 0 Å². The summed E-state index contributed by atoms with van der Waals surface area (Å²) in [6, 6.07) is 10.9. The number of hydrogen-bond donors (Lipinski definition) is 1. The second-order valence-corrected chi connectivity index (χ2v) is 5.33. The maximum atomic E-state index is 12.1. The monoisotopic (exact) mass is 374 g/mol. The number of hydrogen-bond acceptors (Lipinski definition) is 5. The molecule has 0 aromatic heterocycles. The summed E-state index contributed by atoms with van der Waals surface area (Å²) in [5, 5.41) is 13.7. The summed E-state index contributed by atoms with van der Waals surface area (Å²) in [6.45, 7) is 0.116. The fraction of sp³-hybridized carbons (Fsp3) is 0.167. The predicted octanol–water partition coefficient (Wildman–Crippen LogP) is 3.07. The summed E-state index contributed by atoms with van der Waals surface area (Å²) in [5.41, 5.74) is -0.436. The number of nitrogens with zero attached hydrogens (tertiary/aromatic N) is 1. The van der Waals surface area contributed by atoms with Gasteiger partial charge in [0, 0.05) is 11.1 Å². The maximum absolute atomic E-state index is 12.1. The van der Waals surface area contributed by atoms with E-state index >= 15 is 0 Å². The van der Waals surface area contributed by atoms with Gasteiger partial charge in [-0.2, -0.15) is 0 Å². The third-order valence-electron chi connectivity index (χ3n) is 3.23. The second-order valence-electron chi connectivity index (χ2n) is 4.89. The highest BCUT2D eigenvalue weighted by Gasteiger charge is 2.19. The average Bonchev–Trinajstić information content (AvgIpc) is 2.64. The summed E-state index contributed by atoms with van der Waals surface area (Å²) in [6.07, 6.45) is 0. The van der Waals surface area contributed by atoms with Crippen LogP contribution in [0.2, 0.25) is 5.02 Å². The summed E-state index contributed by atoms with van der Waals surface area (Å²) >= 11 is 5.79. The molecule has 1 amide bonds. The second kappa shape index (κ2) is 9.30. The molecule has 134 valence electrons. The topological polar surface area (TPSA) is 90.7 Å². The molecule has 2 aromatic carbocycles. The van der Waals surface area contributed by atoms with Crippen LogP contribution in [0.25, 0.3) is 0 Å². The van der Waals surface area contributed by atoms with Crippen molar-refractivity contribution in [3.8, 4) is 23.3 Å². The fourth-order valence-electron chi connectivity index (χ4n) is 2.03. The van der Waals surface area contributed by atoms with Crippen molar-refractivity contribution in [2.45, 2.75) is 0 Å². The van der Waals surface area contributed by atoms with E-state index in [-0.39, 0.29) is 29.4 Å². The summed E-state index contributed by atoms with van der Waals surface area (Å²) < 4.78 is 10.6. The number of nitrogens with one attached hydrogen (secondary N) is 1. The van der Waals surface area contributed by atoms with Crippen molar-refractivity contribution in [2.24, 2.45) is 0 Å². The first-order valence-electron chi connectivity index (χ1n) is 7.46. The lowest BCUT2D eigenvalue weighted by atomic mass is 10.1. The van der Waals surface area contributed by atoms with Crippen LogP contribution in [0.5, 0.6) is 11.5 Å². The van der Waals surface area contributed by atoms with Crippen LogP contribution in [0.15, 0.2) is 42.5 Å². The van der Waals surface area contributed by atoms with Gasteiger partial charge < -0.3 is 14.8 Å². The van der Waals surface area contributed by atoms with Crippen LogP contribution in [-0.4, -0.2) is 31.1 Å². The highest BCUT2D eigenvalue weighted by molar-refractivity contribution is 6.31. The highest BCUT2D eigenvalue weighted by atomic mass is 35.5. The first-order chi connectivity index (χ1) is 12.5. The minimum absolute atomic E-state index is 0.0117. The molecular weight excluding hydrogens is 360 g/mol. The molecule has 0 bridgehead atoms. The average molecular weight is 375 g/mol. The van der Waals surface area contributed by atoms with Gasteiger partial charge in [0.2, 0.25) is 0 Å². The number of ether oxygens (including phenoxy) is 2. The Morgan fingerprint density at radius 1 is 1.23 bits per heavy atom. The standard InChI is InChI=1S/C18H15ClN2O5/c1-25-16-6-2-3-7-17(16)26-11-5-4-10-20-18(22)14-12-13(19)8-9-15(14)21(23)24/h2-3,6-9,12H,10-11H2,1H3,(H,20,22). The Labute approximate surface area is 155 Å². The van der Waals surface area contributed by atoms with E-state index in [9.17, 15) is 14.9 Å². The summed E-state index contributed by atoms with van der Waals surface area (Å²) in [4.78, 5) is 22.4. The molecule has 0 unspecified atom stereocenters. The van der Waals surface area contributed by atoms with Crippen molar-refractivity contribution >= 4 is 23.2 Å². The molecule has 1 N–H and O–H groups in total. The van der Waals surface area contributed by atoms with Gasteiger partial charge >= 0.3 is 0 Å². The molecule has 26 heavy (non-hydrogen) atoms. The number of benzene rings is 2. The third-order valence-corrected chi connectivity index (χ3v) is 3.47. The van der Waals surface area contributed by atoms with Crippen molar-refractivity contribution in [3.63, 3.8) is 0 Å². The molecule has 0 aliphatic carbocycles. The molecule has 0 heterocycles. The van der Waals surface area contributed by atoms with Crippen LogP contribution in [-0.2, 0) is 0 Å². The quantitative estimate of drug-likeness (QED) is 0.476. The Hall–Kier alpha value is -3.24. The van der Waals surface area contributed by atoms with E-state index in [0.717, 1.165) is 0 Å². The SMILES string of the molecule is COc1ccccc1OCC#CCNC(=O)c1cc(Cl)ccc1[N+](=O)[O-]. The Morgan fingerprint density at radius 3 is 2.65 bits per heavy atom. The molecule has 0 aliphatic rings. The predicted molar refractivity (Wildman–Crippen MR) is 96.7 cm³/mol. The minimum Gasteiger partial charge on any atom is -0.493 e. The van der Waals surface area contributed by atoms with Gasteiger partial charge in [-0.3, -0.25) is 14.9 Å². The van der Waals surface area contributed by atoms with Crippen LogP contribution in [0.1, 0.15) is 10.4 Å². The summed E-state index contributed by atoms with van der Waals surface area (Å²) in [7, 11) is 1.54. The van der Waals surface area contributed by atoms with E-state index in [0.29, 0.717) is 11.5 Å². The molecular formula is C18H15ClN2O5. The Bertz CT molecular complexity index is 873. The Morgan fingerprint density at radius 2 is 1.96 bits per heavy atom. The van der Waals surface area contributed by atoms with E-state index in [1.807, 2.05) is 12.1 Å². The molecule has 2 rings (SSSR count). The minimum atomic E-state index is -0.641. The van der Waals surface area contributed by atoms with Crippen LogP contribution >= 0.6 is 11.6 Å². The van der Waals surface area contributed by atoms with Gasteiger partial charge in [0.1, 0.15) is 12.2 Å². The third kappa shape index (κ3) is 5.13. The molecule has 0 aliphatic heterocycles. The van der Waals surface area contributed by atoms with E-state index in [2.05, 4.69) is 17.2 Å². The Balaban J connectivity index is 1.89. The van der Waals surface area contributed by atoms with Gasteiger partial charge in [-0.15, -0.1) is 0 Å². The van der Waals surface area contributed by atoms with Crippen LogP contribution < -0.4 is 14.8 Å². The largest absolute Gasteiger partial charge is 0.493 e. The van der Waals surface area contributed by atoms with Crippen molar-refractivity contribution in [1.29, 1.82) is 0 Å². The first-order valence-corrected chi connectivity index (χ1v) is 7.84. The van der Waals surface area contributed by atoms with E-state index in [1.54, 1.807) is 19.2 Å². The summed E-state index contributed by atoms with van der Waals surface area (Å²) in [5.74, 6) is 5.97. The van der Waals surface area contributed by atoms with Gasteiger partial charge in [0.05, 0.1) is 18.6 Å². The molecule has 0 atom stereocenters. The van der Waals surface area contributed by atoms with Crippen molar-refractivity contribution in [2.75, 3.05) is 20.3 Å². The van der Waals surface area contributed by atoms with Gasteiger partial charge in [0.25, 0.3) is 11.6 Å². The van der Waals surface area contributed by atoms with Crippen LogP contribution in [0.4, 0.5) is 5.69 Å².